The van der Waals surface area contributed by atoms with Crippen LogP contribution in [0.5, 0.6) is 5.75 Å². The molecule has 2 amide bonds. The zero-order chi connectivity index (χ0) is 15.4. The van der Waals surface area contributed by atoms with Crippen molar-refractivity contribution in [2.75, 3.05) is 0 Å². The molecule has 0 unspecified atom stereocenters. The second kappa shape index (κ2) is 6.49. The summed E-state index contributed by atoms with van der Waals surface area (Å²) >= 11 is 3.27. The van der Waals surface area contributed by atoms with Gasteiger partial charge in [0.25, 0.3) is 0 Å². The van der Waals surface area contributed by atoms with E-state index in [4.69, 9.17) is 0 Å². The molecule has 1 heterocycles. The number of hydrazone groups is 2. The van der Waals surface area contributed by atoms with Crippen LogP contribution in [0.25, 0.3) is 0 Å². The minimum Gasteiger partial charge on any atom is -0.507 e. The van der Waals surface area contributed by atoms with E-state index in [1.54, 1.807) is 19.1 Å². The summed E-state index contributed by atoms with van der Waals surface area (Å²) in [5, 5.41) is 17.1. The van der Waals surface area contributed by atoms with Gasteiger partial charge < -0.3 is 5.11 Å². The molecule has 0 saturated carbocycles. The second-order valence-corrected chi connectivity index (χ2v) is 5.40. The van der Waals surface area contributed by atoms with E-state index in [-0.39, 0.29) is 18.1 Å². The van der Waals surface area contributed by atoms with Gasteiger partial charge in [-0.15, -0.1) is 0 Å². The molecular weight excluding hydrogens is 340 g/mol. The topological polar surface area (TPSA) is 103 Å². The van der Waals surface area contributed by atoms with Gasteiger partial charge in [0, 0.05) is 22.2 Å². The van der Waals surface area contributed by atoms with Crippen molar-refractivity contribution in [2.45, 2.75) is 13.3 Å². The highest BCUT2D eigenvalue weighted by Gasteiger charge is 2.28. The molecule has 1 aromatic carbocycles. The van der Waals surface area contributed by atoms with Crippen molar-refractivity contribution < 1.29 is 14.7 Å². The van der Waals surface area contributed by atoms with E-state index < -0.39 is 11.8 Å². The van der Waals surface area contributed by atoms with E-state index >= 15 is 0 Å². The Bertz CT molecular complexity index is 642. The first kappa shape index (κ1) is 15.2. The number of aromatic hydroxyl groups is 1. The minimum atomic E-state index is -0.556. The quantitative estimate of drug-likeness (QED) is 0.558. The number of nitrogens with zero attached hydrogens (tertiary/aromatic N) is 2. The normalized spacial score (nSPS) is 17.7. The van der Waals surface area contributed by atoms with Crippen LogP contribution in [-0.4, -0.2) is 28.8 Å². The van der Waals surface area contributed by atoms with Gasteiger partial charge in [-0.1, -0.05) is 15.9 Å². The van der Waals surface area contributed by atoms with Gasteiger partial charge >= 0.3 is 0 Å². The van der Waals surface area contributed by atoms with Crippen LogP contribution >= 0.6 is 15.9 Å². The van der Waals surface area contributed by atoms with Crippen molar-refractivity contribution in [1.82, 2.24) is 10.9 Å². The fraction of sp³-hybridized carbons (Fsp3) is 0.231. The van der Waals surface area contributed by atoms with Crippen LogP contribution in [0, 0.1) is 5.92 Å². The lowest BCUT2D eigenvalue weighted by Crippen LogP contribution is -2.29. The summed E-state index contributed by atoms with van der Waals surface area (Å²) < 4.78 is 0.780. The standard InChI is InChI=1S/C13H13BrN4O3/c1-7-10(13(21)18-16-7)5-12(20)17-15-6-8-4-9(14)2-3-11(8)19/h2-4,6,10,19H,5H2,1H3,(H,17,20)(H,18,21)/b15-6+/t10-/m0/s1. The first-order chi connectivity index (χ1) is 9.97. The molecule has 1 aliphatic heterocycles. The minimum absolute atomic E-state index is 0.0248. The molecule has 8 heteroatoms. The molecule has 0 fully saturated rings. The first-order valence-electron chi connectivity index (χ1n) is 6.12. The lowest BCUT2D eigenvalue weighted by atomic mass is 10.0. The molecule has 0 aromatic heterocycles. The Morgan fingerprint density at radius 1 is 1.62 bits per heavy atom. The molecular formula is C13H13BrN4O3. The third-order valence-electron chi connectivity index (χ3n) is 2.94. The number of hydrogen-bond acceptors (Lipinski definition) is 5. The number of amides is 2. The third-order valence-corrected chi connectivity index (χ3v) is 3.43. The van der Waals surface area contributed by atoms with Gasteiger partial charge in [0.2, 0.25) is 11.8 Å². The van der Waals surface area contributed by atoms with Crippen molar-refractivity contribution in [2.24, 2.45) is 16.1 Å². The molecule has 1 aliphatic rings. The largest absolute Gasteiger partial charge is 0.507 e. The zero-order valence-corrected chi connectivity index (χ0v) is 12.7. The second-order valence-electron chi connectivity index (χ2n) is 4.48. The number of carbonyl (C=O) groups is 2. The van der Waals surface area contributed by atoms with E-state index in [0.717, 1.165) is 4.47 Å². The predicted octanol–water partition coefficient (Wildman–Crippen LogP) is 1.12. The van der Waals surface area contributed by atoms with E-state index in [9.17, 15) is 14.7 Å². The zero-order valence-electron chi connectivity index (χ0n) is 11.1. The van der Waals surface area contributed by atoms with Crippen LogP contribution in [-0.2, 0) is 9.59 Å². The van der Waals surface area contributed by atoms with Crippen molar-refractivity contribution in [1.29, 1.82) is 0 Å². The number of nitrogens with one attached hydrogen (secondary N) is 2. The lowest BCUT2D eigenvalue weighted by Gasteiger charge is -2.05. The third kappa shape index (κ3) is 3.88. The van der Waals surface area contributed by atoms with E-state index in [0.29, 0.717) is 11.3 Å². The summed E-state index contributed by atoms with van der Waals surface area (Å²) in [5.74, 6) is -1.21. The van der Waals surface area contributed by atoms with E-state index in [1.807, 2.05) is 0 Å². The van der Waals surface area contributed by atoms with Gasteiger partial charge in [0.1, 0.15) is 5.75 Å². The van der Waals surface area contributed by atoms with Gasteiger partial charge in [-0.3, -0.25) is 9.59 Å². The molecule has 0 radical (unpaired) electrons. The summed E-state index contributed by atoms with van der Waals surface area (Å²) in [6.45, 7) is 1.68. The van der Waals surface area contributed by atoms with Gasteiger partial charge in [-0.25, -0.2) is 10.9 Å². The average molecular weight is 353 g/mol. The van der Waals surface area contributed by atoms with Crippen LogP contribution < -0.4 is 10.9 Å². The van der Waals surface area contributed by atoms with Gasteiger partial charge in [0.05, 0.1) is 12.1 Å². The molecule has 1 aromatic rings. The van der Waals surface area contributed by atoms with Crippen molar-refractivity contribution in [3.8, 4) is 5.75 Å². The molecule has 110 valence electrons. The van der Waals surface area contributed by atoms with Gasteiger partial charge in [-0.2, -0.15) is 10.2 Å². The Morgan fingerprint density at radius 2 is 2.38 bits per heavy atom. The SMILES string of the molecule is CC1=NNC(=O)[C@H]1CC(=O)N/N=C/c1cc(Br)ccc1O. The molecule has 21 heavy (non-hydrogen) atoms. The highest BCUT2D eigenvalue weighted by atomic mass is 79.9. The smallest absolute Gasteiger partial charge is 0.249 e. The van der Waals surface area contributed by atoms with Crippen molar-refractivity contribution in [3.63, 3.8) is 0 Å². The van der Waals surface area contributed by atoms with E-state index in [2.05, 4.69) is 37.0 Å². The van der Waals surface area contributed by atoms with Crippen LogP contribution in [0.15, 0.2) is 32.9 Å². The van der Waals surface area contributed by atoms with Crippen LogP contribution in [0.3, 0.4) is 0 Å². The number of halogens is 1. The van der Waals surface area contributed by atoms with E-state index in [1.165, 1.54) is 12.3 Å². The number of hydrogen-bond donors (Lipinski definition) is 3. The highest BCUT2D eigenvalue weighted by Crippen LogP contribution is 2.19. The van der Waals surface area contributed by atoms with Crippen molar-refractivity contribution >= 4 is 39.7 Å². The van der Waals surface area contributed by atoms with Gasteiger partial charge in [-0.05, 0) is 25.1 Å². The molecule has 7 nitrogen and oxygen atoms in total. The fourth-order valence-electron chi connectivity index (χ4n) is 1.76. The summed E-state index contributed by atoms with van der Waals surface area (Å²) in [6.07, 6.45) is 1.30. The lowest BCUT2D eigenvalue weighted by molar-refractivity contribution is -0.127. The van der Waals surface area contributed by atoms with Crippen molar-refractivity contribution in [3.05, 3.63) is 28.2 Å². The monoisotopic (exact) mass is 352 g/mol. The Labute approximate surface area is 129 Å². The predicted molar refractivity (Wildman–Crippen MR) is 80.9 cm³/mol. The molecule has 1 atom stereocenters. The summed E-state index contributed by atoms with van der Waals surface area (Å²) in [4.78, 5) is 23.1. The van der Waals surface area contributed by atoms with Crippen LogP contribution in [0.4, 0.5) is 0 Å². The molecule has 0 saturated heterocycles. The average Bonchev–Trinajstić information content (AvgIpc) is 2.74. The number of rotatable bonds is 4. The van der Waals surface area contributed by atoms with Crippen LogP contribution in [0.2, 0.25) is 0 Å². The number of carbonyl (C=O) groups excluding carboxylic acids is 2. The molecule has 2 rings (SSSR count). The Kier molecular flexibility index (Phi) is 4.69. The first-order valence-corrected chi connectivity index (χ1v) is 6.91. The number of phenolic OH excluding ortho intramolecular Hbond substituents is 1. The Morgan fingerprint density at radius 3 is 3.05 bits per heavy atom. The van der Waals surface area contributed by atoms with Crippen LogP contribution in [0.1, 0.15) is 18.9 Å². The molecule has 0 spiro atoms. The maximum atomic E-state index is 11.7. The fourth-order valence-corrected chi connectivity index (χ4v) is 2.14. The maximum absolute atomic E-state index is 11.7. The summed E-state index contributed by atoms with van der Waals surface area (Å²) in [7, 11) is 0. The number of phenols is 1. The number of benzene rings is 1. The molecule has 0 aliphatic carbocycles. The Hall–Kier alpha value is -2.22. The summed E-state index contributed by atoms with van der Waals surface area (Å²) in [5.41, 5.74) is 5.66. The Balaban J connectivity index is 1.92. The highest BCUT2D eigenvalue weighted by molar-refractivity contribution is 9.10. The maximum Gasteiger partial charge on any atom is 0.249 e. The molecule has 0 bridgehead atoms. The molecule has 3 N–H and O–H groups in total. The summed E-state index contributed by atoms with van der Waals surface area (Å²) in [6, 6.07) is 4.86. The van der Waals surface area contributed by atoms with Gasteiger partial charge in [0.15, 0.2) is 0 Å².